The molecule has 0 aliphatic carbocycles. The highest BCUT2D eigenvalue weighted by Crippen LogP contribution is 2.17. The van der Waals surface area contributed by atoms with Crippen LogP contribution in [0.25, 0.3) is 0 Å². The van der Waals surface area contributed by atoms with Crippen molar-refractivity contribution in [3.05, 3.63) is 0 Å². The SMILES string of the molecule is C[C@@H](S[C@H](C)C(=O)O)C(=O)O. The van der Waals surface area contributed by atoms with Crippen molar-refractivity contribution in [1.29, 1.82) is 0 Å². The Morgan fingerprint density at radius 1 is 1.09 bits per heavy atom. The van der Waals surface area contributed by atoms with Gasteiger partial charge in [0.2, 0.25) is 0 Å². The quantitative estimate of drug-likeness (QED) is 0.661. The standard InChI is InChI=1S/C6H10O4S/c1-3(5(7)8)11-4(2)6(9)10/h3-4H,1-2H3,(H,7,8)(H,9,10)/t3-,4-/m1/s1. The third kappa shape index (κ3) is 3.87. The minimum atomic E-state index is -0.983. The first-order valence-electron chi connectivity index (χ1n) is 3.06. The largest absolute Gasteiger partial charge is 0.480 e. The van der Waals surface area contributed by atoms with Gasteiger partial charge in [0.15, 0.2) is 0 Å². The molecule has 0 heterocycles. The number of aliphatic carboxylic acids is 2. The molecule has 0 fully saturated rings. The molecule has 0 saturated heterocycles. The molecule has 0 unspecified atom stereocenters. The Hall–Kier alpha value is -0.710. The molecule has 0 spiro atoms. The summed E-state index contributed by atoms with van der Waals surface area (Å²) < 4.78 is 0. The Morgan fingerprint density at radius 2 is 1.36 bits per heavy atom. The van der Waals surface area contributed by atoms with Crippen molar-refractivity contribution in [2.75, 3.05) is 0 Å². The normalized spacial score (nSPS) is 15.5. The minimum absolute atomic E-state index is 0.666. The average molecular weight is 178 g/mol. The van der Waals surface area contributed by atoms with Gasteiger partial charge in [0.25, 0.3) is 0 Å². The third-order valence-electron chi connectivity index (χ3n) is 1.10. The number of carboxylic acids is 2. The lowest BCUT2D eigenvalue weighted by molar-refractivity contribution is -0.136. The lowest BCUT2D eigenvalue weighted by atomic mass is 10.5. The van der Waals surface area contributed by atoms with Crippen molar-refractivity contribution in [2.24, 2.45) is 0 Å². The van der Waals surface area contributed by atoms with Gasteiger partial charge in [-0.2, -0.15) is 0 Å². The van der Waals surface area contributed by atoms with Gasteiger partial charge in [0.1, 0.15) is 10.5 Å². The Balaban J connectivity index is 3.84. The summed E-state index contributed by atoms with van der Waals surface area (Å²) in [5.41, 5.74) is 0. The van der Waals surface area contributed by atoms with Gasteiger partial charge in [-0.3, -0.25) is 9.59 Å². The van der Waals surface area contributed by atoms with Gasteiger partial charge < -0.3 is 10.2 Å². The molecule has 0 amide bonds. The van der Waals surface area contributed by atoms with Crippen LogP contribution in [0.2, 0.25) is 0 Å². The average Bonchev–Trinajstić information content (AvgIpc) is 1.87. The molecule has 0 aliphatic heterocycles. The van der Waals surface area contributed by atoms with Gasteiger partial charge in [-0.25, -0.2) is 0 Å². The smallest absolute Gasteiger partial charge is 0.316 e. The van der Waals surface area contributed by atoms with Crippen molar-refractivity contribution in [1.82, 2.24) is 0 Å². The molecule has 0 radical (unpaired) electrons. The summed E-state index contributed by atoms with van der Waals surface area (Å²) in [5, 5.41) is 15.5. The van der Waals surface area contributed by atoms with E-state index < -0.39 is 22.4 Å². The molecule has 0 aromatic rings. The summed E-state index contributed by atoms with van der Waals surface area (Å²) >= 11 is 0.917. The van der Waals surface area contributed by atoms with Crippen molar-refractivity contribution >= 4 is 23.7 Å². The van der Waals surface area contributed by atoms with E-state index in [4.69, 9.17) is 10.2 Å². The Morgan fingerprint density at radius 3 is 1.55 bits per heavy atom. The molecule has 2 atom stereocenters. The van der Waals surface area contributed by atoms with E-state index in [1.807, 2.05) is 0 Å². The topological polar surface area (TPSA) is 74.6 Å². The summed E-state index contributed by atoms with van der Waals surface area (Å²) in [6.45, 7) is 2.93. The molecule has 2 N–H and O–H groups in total. The fraction of sp³-hybridized carbons (Fsp3) is 0.667. The number of rotatable bonds is 4. The maximum absolute atomic E-state index is 10.2. The highest BCUT2D eigenvalue weighted by Gasteiger charge is 2.19. The van der Waals surface area contributed by atoms with Crippen LogP contribution in [-0.4, -0.2) is 32.7 Å². The lowest BCUT2D eigenvalue weighted by Crippen LogP contribution is -2.20. The zero-order valence-electron chi connectivity index (χ0n) is 6.27. The molecule has 0 aliphatic rings. The monoisotopic (exact) mass is 178 g/mol. The molecule has 4 nitrogen and oxygen atoms in total. The summed E-state index contributed by atoms with van der Waals surface area (Å²) in [7, 11) is 0. The predicted molar refractivity (Wildman–Crippen MR) is 41.8 cm³/mol. The maximum atomic E-state index is 10.2. The molecule has 0 saturated carbocycles. The van der Waals surface area contributed by atoms with E-state index in [9.17, 15) is 9.59 Å². The van der Waals surface area contributed by atoms with E-state index in [-0.39, 0.29) is 0 Å². The molecule has 5 heteroatoms. The minimum Gasteiger partial charge on any atom is -0.480 e. The van der Waals surface area contributed by atoms with E-state index in [1.165, 1.54) is 13.8 Å². The number of hydrogen-bond acceptors (Lipinski definition) is 3. The predicted octanol–water partition coefficient (Wildman–Crippen LogP) is 0.666. The van der Waals surface area contributed by atoms with Crippen LogP contribution in [0, 0.1) is 0 Å². The number of carbonyl (C=O) groups is 2. The second kappa shape index (κ2) is 4.23. The van der Waals surface area contributed by atoms with Crippen LogP contribution < -0.4 is 0 Å². The van der Waals surface area contributed by atoms with Gasteiger partial charge in [0, 0.05) is 0 Å². The van der Waals surface area contributed by atoms with Gasteiger partial charge in [-0.05, 0) is 13.8 Å². The van der Waals surface area contributed by atoms with Crippen LogP contribution in [0.5, 0.6) is 0 Å². The Labute approximate surface area is 68.6 Å². The van der Waals surface area contributed by atoms with Crippen LogP contribution in [0.1, 0.15) is 13.8 Å². The Kier molecular flexibility index (Phi) is 3.95. The molecule has 11 heavy (non-hydrogen) atoms. The van der Waals surface area contributed by atoms with Gasteiger partial charge in [0.05, 0.1) is 0 Å². The summed E-state index contributed by atoms with van der Waals surface area (Å²) in [6.07, 6.45) is 0. The Bertz CT molecular complexity index is 150. The fourth-order valence-corrected chi connectivity index (χ4v) is 1.27. The van der Waals surface area contributed by atoms with Crippen molar-refractivity contribution in [3.8, 4) is 0 Å². The van der Waals surface area contributed by atoms with Gasteiger partial charge in [-0.1, -0.05) is 0 Å². The van der Waals surface area contributed by atoms with Crippen LogP contribution in [0.4, 0.5) is 0 Å². The summed E-state index contributed by atoms with van der Waals surface area (Å²) in [5.74, 6) is -1.97. The number of carboxylic acid groups (broad SMARTS) is 2. The second-order valence-electron chi connectivity index (χ2n) is 2.10. The zero-order chi connectivity index (χ0) is 9.02. The molecule has 0 aromatic heterocycles. The number of hydrogen-bond donors (Lipinski definition) is 2. The van der Waals surface area contributed by atoms with Crippen LogP contribution in [0.15, 0.2) is 0 Å². The van der Waals surface area contributed by atoms with E-state index >= 15 is 0 Å². The maximum Gasteiger partial charge on any atom is 0.316 e. The van der Waals surface area contributed by atoms with E-state index in [0.717, 1.165) is 11.8 Å². The molecule has 0 rings (SSSR count). The van der Waals surface area contributed by atoms with E-state index in [0.29, 0.717) is 0 Å². The highest BCUT2D eigenvalue weighted by molar-refractivity contribution is 8.01. The summed E-state index contributed by atoms with van der Waals surface area (Å²) in [6, 6.07) is 0. The lowest BCUT2D eigenvalue weighted by Gasteiger charge is -2.08. The summed E-state index contributed by atoms with van der Waals surface area (Å²) in [4.78, 5) is 20.5. The molecule has 0 aromatic carbocycles. The van der Waals surface area contributed by atoms with E-state index in [2.05, 4.69) is 0 Å². The molecule has 64 valence electrons. The first kappa shape index (κ1) is 10.3. The first-order valence-corrected chi connectivity index (χ1v) is 4.00. The van der Waals surface area contributed by atoms with Gasteiger partial charge in [-0.15, -0.1) is 11.8 Å². The van der Waals surface area contributed by atoms with Crippen LogP contribution in [-0.2, 0) is 9.59 Å². The molecular weight excluding hydrogens is 168 g/mol. The highest BCUT2D eigenvalue weighted by atomic mass is 32.2. The molecule has 0 bridgehead atoms. The molecular formula is C6H10O4S. The van der Waals surface area contributed by atoms with Crippen LogP contribution in [0.3, 0.4) is 0 Å². The van der Waals surface area contributed by atoms with Gasteiger partial charge >= 0.3 is 11.9 Å². The van der Waals surface area contributed by atoms with Crippen molar-refractivity contribution in [2.45, 2.75) is 24.3 Å². The second-order valence-corrected chi connectivity index (χ2v) is 3.78. The van der Waals surface area contributed by atoms with E-state index in [1.54, 1.807) is 0 Å². The zero-order valence-corrected chi connectivity index (χ0v) is 7.09. The fourth-order valence-electron chi connectivity index (χ4n) is 0.423. The van der Waals surface area contributed by atoms with Crippen molar-refractivity contribution < 1.29 is 19.8 Å². The first-order chi connectivity index (χ1) is 4.95. The number of thioether (sulfide) groups is 1. The van der Waals surface area contributed by atoms with Crippen LogP contribution >= 0.6 is 11.8 Å². The van der Waals surface area contributed by atoms with Crippen molar-refractivity contribution in [3.63, 3.8) is 0 Å². The third-order valence-corrected chi connectivity index (χ3v) is 2.32.